The largest absolute Gasteiger partial charge is 0.361 e. The zero-order valence-corrected chi connectivity index (χ0v) is 13.4. The van der Waals surface area contributed by atoms with Crippen molar-refractivity contribution in [2.45, 2.75) is 25.8 Å². The van der Waals surface area contributed by atoms with Gasteiger partial charge in [-0.2, -0.15) is 0 Å². The van der Waals surface area contributed by atoms with E-state index in [1.165, 1.54) is 0 Å². The fourth-order valence-corrected chi connectivity index (χ4v) is 3.55. The molecule has 1 aromatic carbocycles. The van der Waals surface area contributed by atoms with E-state index in [0.29, 0.717) is 17.3 Å². The van der Waals surface area contributed by atoms with E-state index in [1.807, 2.05) is 42.2 Å². The molecule has 1 aliphatic heterocycles. The number of carbonyl (C=O) groups is 1. The monoisotopic (exact) mass is 329 g/mol. The predicted molar refractivity (Wildman–Crippen MR) is 87.6 cm³/mol. The minimum Gasteiger partial charge on any atom is -0.361 e. The Morgan fingerprint density at radius 1 is 1.43 bits per heavy atom. The van der Waals surface area contributed by atoms with Crippen molar-refractivity contribution >= 4 is 28.4 Å². The summed E-state index contributed by atoms with van der Waals surface area (Å²) in [6.45, 7) is 2.55. The summed E-state index contributed by atoms with van der Waals surface area (Å²) >= 11 is 6.42. The molecule has 1 N–H and O–H groups in total. The Hall–Kier alpha value is -2.27. The summed E-state index contributed by atoms with van der Waals surface area (Å²) in [5.41, 5.74) is 2.12. The van der Waals surface area contributed by atoms with Gasteiger partial charge in [0.25, 0.3) is 5.91 Å². The van der Waals surface area contributed by atoms with Gasteiger partial charge < -0.3 is 14.4 Å². The summed E-state index contributed by atoms with van der Waals surface area (Å²) in [5.74, 6) is 0.664. The molecule has 1 atom stereocenters. The van der Waals surface area contributed by atoms with Crippen LogP contribution in [0, 0.1) is 6.92 Å². The zero-order chi connectivity index (χ0) is 16.0. The summed E-state index contributed by atoms with van der Waals surface area (Å²) < 4.78 is 5.16. The zero-order valence-electron chi connectivity index (χ0n) is 12.7. The SMILES string of the molecule is Cc1cc([C@@H]2CCCN2C(=O)c2[nH]c3ccccc3c2Cl)no1. The molecule has 3 aromatic rings. The molecular weight excluding hydrogens is 314 g/mol. The third-order valence-electron chi connectivity index (χ3n) is 4.36. The van der Waals surface area contributed by atoms with E-state index in [2.05, 4.69) is 10.1 Å². The molecule has 3 heterocycles. The number of carbonyl (C=O) groups excluding carboxylic acids is 1. The molecule has 0 radical (unpaired) electrons. The van der Waals surface area contributed by atoms with Crippen molar-refractivity contribution in [2.24, 2.45) is 0 Å². The van der Waals surface area contributed by atoms with Gasteiger partial charge in [-0.15, -0.1) is 0 Å². The maximum absolute atomic E-state index is 13.0. The van der Waals surface area contributed by atoms with E-state index in [9.17, 15) is 4.79 Å². The summed E-state index contributed by atoms with van der Waals surface area (Å²) in [5, 5.41) is 5.42. The van der Waals surface area contributed by atoms with Crippen molar-refractivity contribution in [3.8, 4) is 0 Å². The molecule has 6 heteroatoms. The number of hydrogen-bond donors (Lipinski definition) is 1. The first kappa shape index (κ1) is 14.3. The second-order valence-corrected chi connectivity index (χ2v) is 6.26. The molecule has 5 nitrogen and oxygen atoms in total. The molecule has 0 unspecified atom stereocenters. The highest BCUT2D eigenvalue weighted by molar-refractivity contribution is 6.38. The number of nitrogens with one attached hydrogen (secondary N) is 1. The quantitative estimate of drug-likeness (QED) is 0.770. The molecule has 2 aromatic heterocycles. The molecule has 0 saturated carbocycles. The molecule has 1 aliphatic rings. The fraction of sp³-hybridized carbons (Fsp3) is 0.294. The van der Waals surface area contributed by atoms with Gasteiger partial charge in [0.1, 0.15) is 17.1 Å². The van der Waals surface area contributed by atoms with Crippen molar-refractivity contribution in [1.29, 1.82) is 0 Å². The Morgan fingerprint density at radius 3 is 3.00 bits per heavy atom. The van der Waals surface area contributed by atoms with E-state index >= 15 is 0 Å². The minimum absolute atomic E-state index is 0.0533. The molecule has 1 fully saturated rings. The number of H-pyrrole nitrogens is 1. The summed E-state index contributed by atoms with van der Waals surface area (Å²) in [7, 11) is 0. The van der Waals surface area contributed by atoms with Gasteiger partial charge in [0, 0.05) is 23.5 Å². The number of likely N-dealkylation sites (tertiary alicyclic amines) is 1. The fourth-order valence-electron chi connectivity index (χ4n) is 3.26. The van der Waals surface area contributed by atoms with Crippen LogP contribution in [-0.4, -0.2) is 27.5 Å². The van der Waals surface area contributed by atoms with Crippen LogP contribution in [0.3, 0.4) is 0 Å². The second-order valence-electron chi connectivity index (χ2n) is 5.88. The third kappa shape index (κ3) is 2.32. The van der Waals surface area contributed by atoms with Crippen molar-refractivity contribution in [2.75, 3.05) is 6.54 Å². The van der Waals surface area contributed by atoms with Crippen LogP contribution >= 0.6 is 11.6 Å². The number of hydrogen-bond acceptors (Lipinski definition) is 3. The highest BCUT2D eigenvalue weighted by Gasteiger charge is 2.34. The van der Waals surface area contributed by atoms with E-state index in [4.69, 9.17) is 16.1 Å². The number of aromatic nitrogens is 2. The van der Waals surface area contributed by atoms with Crippen LogP contribution in [0.4, 0.5) is 0 Å². The smallest absolute Gasteiger partial charge is 0.272 e. The minimum atomic E-state index is -0.0886. The van der Waals surface area contributed by atoms with E-state index in [1.54, 1.807) is 0 Å². The van der Waals surface area contributed by atoms with Crippen LogP contribution in [0.1, 0.15) is 40.8 Å². The number of aromatic amines is 1. The van der Waals surface area contributed by atoms with Crippen LogP contribution in [0.15, 0.2) is 34.9 Å². The lowest BCUT2D eigenvalue weighted by atomic mass is 10.1. The first-order valence-corrected chi connectivity index (χ1v) is 8.03. The Labute approximate surface area is 138 Å². The van der Waals surface area contributed by atoms with Crippen LogP contribution in [-0.2, 0) is 0 Å². The Kier molecular flexibility index (Phi) is 3.38. The standard InChI is InChI=1S/C17H16ClN3O2/c1-10-9-13(20-23-10)14-7-4-8-21(14)17(22)16-15(18)11-5-2-3-6-12(11)19-16/h2-3,5-6,9,14,19H,4,7-8H2,1H3/t14-/m0/s1. The van der Waals surface area contributed by atoms with Crippen LogP contribution in [0.25, 0.3) is 10.9 Å². The third-order valence-corrected chi connectivity index (χ3v) is 4.75. The lowest BCUT2D eigenvalue weighted by Crippen LogP contribution is -2.31. The van der Waals surface area contributed by atoms with Crippen molar-refractivity contribution < 1.29 is 9.32 Å². The van der Waals surface area contributed by atoms with Gasteiger partial charge in [0.2, 0.25) is 0 Å². The molecule has 23 heavy (non-hydrogen) atoms. The molecule has 0 bridgehead atoms. The number of fused-ring (bicyclic) bond motifs is 1. The van der Waals surface area contributed by atoms with Gasteiger partial charge in [-0.05, 0) is 25.8 Å². The summed E-state index contributed by atoms with van der Waals surface area (Å²) in [6, 6.07) is 9.49. The highest BCUT2D eigenvalue weighted by Crippen LogP contribution is 2.35. The Morgan fingerprint density at radius 2 is 2.26 bits per heavy atom. The second kappa shape index (κ2) is 5.42. The average Bonchev–Trinajstić information content (AvgIpc) is 3.26. The lowest BCUT2D eigenvalue weighted by molar-refractivity contribution is 0.0726. The molecule has 1 saturated heterocycles. The summed E-state index contributed by atoms with van der Waals surface area (Å²) in [6.07, 6.45) is 1.83. The number of aryl methyl sites for hydroxylation is 1. The van der Waals surface area contributed by atoms with Crippen molar-refractivity contribution in [1.82, 2.24) is 15.0 Å². The van der Waals surface area contributed by atoms with Gasteiger partial charge in [-0.3, -0.25) is 4.79 Å². The Balaban J connectivity index is 1.71. The molecule has 118 valence electrons. The number of amides is 1. The topological polar surface area (TPSA) is 62.1 Å². The van der Waals surface area contributed by atoms with Gasteiger partial charge in [0.15, 0.2) is 0 Å². The average molecular weight is 330 g/mol. The van der Waals surface area contributed by atoms with Crippen LogP contribution in [0.2, 0.25) is 5.02 Å². The van der Waals surface area contributed by atoms with Gasteiger partial charge in [-0.25, -0.2) is 0 Å². The Bertz CT molecular complexity index is 883. The number of nitrogens with zero attached hydrogens (tertiary/aromatic N) is 2. The van der Waals surface area contributed by atoms with Crippen LogP contribution < -0.4 is 0 Å². The molecule has 1 amide bonds. The van der Waals surface area contributed by atoms with Crippen molar-refractivity contribution in [3.63, 3.8) is 0 Å². The lowest BCUT2D eigenvalue weighted by Gasteiger charge is -2.22. The number of rotatable bonds is 2. The highest BCUT2D eigenvalue weighted by atomic mass is 35.5. The predicted octanol–water partition coefficient (Wildman–Crippen LogP) is 4.10. The van der Waals surface area contributed by atoms with Crippen LogP contribution in [0.5, 0.6) is 0 Å². The van der Waals surface area contributed by atoms with Crippen molar-refractivity contribution in [3.05, 3.63) is 52.5 Å². The number of benzene rings is 1. The van der Waals surface area contributed by atoms with Gasteiger partial charge in [-0.1, -0.05) is 35.0 Å². The molecule has 4 rings (SSSR count). The van der Waals surface area contributed by atoms with Gasteiger partial charge >= 0.3 is 0 Å². The first-order chi connectivity index (χ1) is 11.1. The van der Waals surface area contributed by atoms with E-state index in [-0.39, 0.29) is 11.9 Å². The maximum atomic E-state index is 13.0. The number of para-hydroxylation sites is 1. The van der Waals surface area contributed by atoms with E-state index < -0.39 is 0 Å². The number of halogens is 1. The molecule has 0 spiro atoms. The molecular formula is C17H16ClN3O2. The summed E-state index contributed by atoms with van der Waals surface area (Å²) in [4.78, 5) is 18.0. The van der Waals surface area contributed by atoms with E-state index in [0.717, 1.165) is 35.2 Å². The molecule has 0 aliphatic carbocycles. The normalized spacial score (nSPS) is 18.0. The van der Waals surface area contributed by atoms with Gasteiger partial charge in [0.05, 0.1) is 11.1 Å². The maximum Gasteiger partial charge on any atom is 0.272 e. The first-order valence-electron chi connectivity index (χ1n) is 7.65.